The highest BCUT2D eigenvalue weighted by Crippen LogP contribution is 2.23. The molecule has 2 N–H and O–H groups in total. The summed E-state index contributed by atoms with van der Waals surface area (Å²) in [6, 6.07) is 7.42. The first-order valence-electron chi connectivity index (χ1n) is 3.77. The number of nitrogens with zero attached hydrogens (tertiary/aromatic N) is 1. The Labute approximate surface area is 85.8 Å². The van der Waals surface area contributed by atoms with Gasteiger partial charge in [0.15, 0.2) is 0 Å². The van der Waals surface area contributed by atoms with Gasteiger partial charge in [0.2, 0.25) is 0 Å². The van der Waals surface area contributed by atoms with Gasteiger partial charge < -0.3 is 5.73 Å². The van der Waals surface area contributed by atoms with Crippen molar-refractivity contribution in [1.29, 1.82) is 5.26 Å². The van der Waals surface area contributed by atoms with E-state index in [4.69, 9.17) is 11.0 Å². The van der Waals surface area contributed by atoms with E-state index in [1.54, 1.807) is 12.1 Å². The van der Waals surface area contributed by atoms with E-state index in [1.165, 1.54) is 0 Å². The van der Waals surface area contributed by atoms with E-state index in [1.807, 2.05) is 6.07 Å². The van der Waals surface area contributed by atoms with Crippen LogP contribution >= 0.6 is 15.9 Å². The fourth-order valence-corrected chi connectivity index (χ4v) is 1.50. The molecule has 0 saturated heterocycles. The Morgan fingerprint density at radius 1 is 1.62 bits per heavy atom. The van der Waals surface area contributed by atoms with Crippen molar-refractivity contribution in [3.8, 4) is 6.07 Å². The predicted molar refractivity (Wildman–Crippen MR) is 56.9 cm³/mol. The van der Waals surface area contributed by atoms with Crippen molar-refractivity contribution in [2.75, 3.05) is 6.54 Å². The van der Waals surface area contributed by atoms with E-state index in [0.717, 1.165) is 15.6 Å². The summed E-state index contributed by atoms with van der Waals surface area (Å²) < 4.78 is 0.918. The van der Waals surface area contributed by atoms with E-state index in [9.17, 15) is 0 Å². The molecule has 0 fully saturated rings. The van der Waals surface area contributed by atoms with Crippen LogP contribution in [0, 0.1) is 11.3 Å². The highest BCUT2D eigenvalue weighted by Gasteiger charge is 2.03. The molecule has 0 bridgehead atoms. The van der Waals surface area contributed by atoms with Crippen LogP contribution in [-0.2, 0) is 0 Å². The van der Waals surface area contributed by atoms with E-state index < -0.39 is 0 Å². The highest BCUT2D eigenvalue weighted by molar-refractivity contribution is 9.10. The largest absolute Gasteiger partial charge is 0.326 e. The van der Waals surface area contributed by atoms with Crippen molar-refractivity contribution in [2.24, 2.45) is 5.73 Å². The summed E-state index contributed by atoms with van der Waals surface area (Å²) in [5.74, 6) is 0. The van der Waals surface area contributed by atoms with Crippen molar-refractivity contribution in [2.45, 2.75) is 0 Å². The molecule has 0 amide bonds. The smallest absolute Gasteiger partial charge is 0.0991 e. The molecule has 0 radical (unpaired) electrons. The van der Waals surface area contributed by atoms with Gasteiger partial charge in [-0.3, -0.25) is 0 Å². The minimum absolute atomic E-state index is 0.396. The molecule has 0 heterocycles. The summed E-state index contributed by atoms with van der Waals surface area (Å²) in [5.41, 5.74) is 7.81. The summed E-state index contributed by atoms with van der Waals surface area (Å²) in [4.78, 5) is 0. The Morgan fingerprint density at radius 2 is 2.31 bits per heavy atom. The molecule has 0 aliphatic heterocycles. The number of nitriles is 1. The Kier molecular flexibility index (Phi) is 3.24. The monoisotopic (exact) mass is 236 g/mol. The first-order valence-corrected chi connectivity index (χ1v) is 4.56. The maximum absolute atomic E-state index is 8.68. The normalized spacial score (nSPS) is 9.31. The number of hydrogen-bond donors (Lipinski definition) is 1. The molecule has 1 aromatic rings. The molecular weight excluding hydrogens is 228 g/mol. The van der Waals surface area contributed by atoms with Gasteiger partial charge in [0, 0.05) is 11.0 Å². The van der Waals surface area contributed by atoms with Gasteiger partial charge in [-0.1, -0.05) is 22.5 Å². The van der Waals surface area contributed by atoms with Crippen LogP contribution in [0.3, 0.4) is 0 Å². The summed E-state index contributed by atoms with van der Waals surface area (Å²) in [6.45, 7) is 4.21. The van der Waals surface area contributed by atoms with Crippen molar-refractivity contribution in [3.05, 3.63) is 40.4 Å². The highest BCUT2D eigenvalue weighted by atomic mass is 79.9. The maximum atomic E-state index is 8.68. The number of benzene rings is 1. The lowest BCUT2D eigenvalue weighted by molar-refractivity contribution is 1.26. The standard InChI is InChI=1S/C10H9BrN2/c1-7(5-12)9-4-8(6-13)2-3-10(9)11/h2-4H,1,5,12H2. The van der Waals surface area contributed by atoms with Crippen LogP contribution in [0.2, 0.25) is 0 Å². The van der Waals surface area contributed by atoms with Gasteiger partial charge in [-0.25, -0.2) is 0 Å². The summed E-state index contributed by atoms with van der Waals surface area (Å²) >= 11 is 3.38. The van der Waals surface area contributed by atoms with Crippen molar-refractivity contribution < 1.29 is 0 Å². The first kappa shape index (κ1) is 9.97. The van der Waals surface area contributed by atoms with Crippen molar-refractivity contribution in [3.63, 3.8) is 0 Å². The molecule has 0 aliphatic rings. The molecule has 2 nitrogen and oxygen atoms in total. The van der Waals surface area contributed by atoms with Crippen LogP contribution < -0.4 is 5.73 Å². The third-order valence-corrected chi connectivity index (χ3v) is 2.41. The van der Waals surface area contributed by atoms with Crippen LogP contribution in [0.25, 0.3) is 5.57 Å². The molecule has 0 saturated carbocycles. The van der Waals surface area contributed by atoms with Crippen LogP contribution in [-0.4, -0.2) is 6.54 Å². The average molecular weight is 237 g/mol. The Morgan fingerprint density at radius 3 is 2.85 bits per heavy atom. The van der Waals surface area contributed by atoms with Gasteiger partial charge in [-0.05, 0) is 29.3 Å². The van der Waals surface area contributed by atoms with E-state index in [0.29, 0.717) is 12.1 Å². The second-order valence-corrected chi connectivity index (χ2v) is 3.47. The molecule has 0 atom stereocenters. The zero-order valence-electron chi connectivity index (χ0n) is 7.05. The molecule has 1 rings (SSSR count). The van der Waals surface area contributed by atoms with Gasteiger partial charge >= 0.3 is 0 Å². The topological polar surface area (TPSA) is 49.8 Å². The quantitative estimate of drug-likeness (QED) is 0.857. The zero-order valence-corrected chi connectivity index (χ0v) is 8.63. The zero-order chi connectivity index (χ0) is 9.84. The fraction of sp³-hybridized carbons (Fsp3) is 0.100. The number of rotatable bonds is 2. The molecule has 0 spiro atoms. The fourth-order valence-electron chi connectivity index (χ4n) is 0.976. The molecule has 13 heavy (non-hydrogen) atoms. The molecule has 0 unspecified atom stereocenters. The predicted octanol–water partition coefficient (Wildman–Crippen LogP) is 2.29. The van der Waals surface area contributed by atoms with Gasteiger partial charge in [0.25, 0.3) is 0 Å². The van der Waals surface area contributed by atoms with E-state index in [2.05, 4.69) is 28.6 Å². The van der Waals surface area contributed by atoms with Gasteiger partial charge in [0.05, 0.1) is 11.6 Å². The third kappa shape index (κ3) is 2.18. The van der Waals surface area contributed by atoms with Gasteiger partial charge in [0.1, 0.15) is 0 Å². The lowest BCUT2D eigenvalue weighted by Crippen LogP contribution is -2.01. The van der Waals surface area contributed by atoms with Crippen LogP contribution in [0.5, 0.6) is 0 Å². The van der Waals surface area contributed by atoms with Crippen molar-refractivity contribution in [1.82, 2.24) is 0 Å². The molecule has 1 aromatic carbocycles. The Hall–Kier alpha value is -1.11. The molecular formula is C10H9BrN2. The second-order valence-electron chi connectivity index (χ2n) is 2.61. The van der Waals surface area contributed by atoms with Gasteiger partial charge in [-0.15, -0.1) is 0 Å². The average Bonchev–Trinajstić information content (AvgIpc) is 2.17. The van der Waals surface area contributed by atoms with E-state index in [-0.39, 0.29) is 0 Å². The number of nitrogens with two attached hydrogens (primary N) is 1. The van der Waals surface area contributed by atoms with E-state index >= 15 is 0 Å². The molecule has 3 heteroatoms. The lowest BCUT2D eigenvalue weighted by Gasteiger charge is -2.05. The van der Waals surface area contributed by atoms with Crippen molar-refractivity contribution >= 4 is 21.5 Å². The lowest BCUT2D eigenvalue weighted by atomic mass is 10.1. The minimum atomic E-state index is 0.396. The number of halogens is 1. The second kappa shape index (κ2) is 4.22. The minimum Gasteiger partial charge on any atom is -0.326 e. The van der Waals surface area contributed by atoms with Crippen LogP contribution in [0.1, 0.15) is 11.1 Å². The Balaban J connectivity index is 3.20. The molecule has 66 valence electrons. The van der Waals surface area contributed by atoms with Gasteiger partial charge in [-0.2, -0.15) is 5.26 Å². The number of hydrogen-bond acceptors (Lipinski definition) is 2. The molecule has 0 aromatic heterocycles. The molecule has 0 aliphatic carbocycles. The van der Waals surface area contributed by atoms with Crippen LogP contribution in [0.4, 0.5) is 0 Å². The van der Waals surface area contributed by atoms with Crippen LogP contribution in [0.15, 0.2) is 29.3 Å². The summed E-state index contributed by atoms with van der Waals surface area (Å²) in [7, 11) is 0. The SMILES string of the molecule is C=C(CN)c1cc(C#N)ccc1Br. The third-order valence-electron chi connectivity index (χ3n) is 1.72. The first-order chi connectivity index (χ1) is 6.19. The Bertz CT molecular complexity index is 377. The maximum Gasteiger partial charge on any atom is 0.0991 e. The summed E-state index contributed by atoms with van der Waals surface area (Å²) in [5, 5.41) is 8.68. The summed E-state index contributed by atoms with van der Waals surface area (Å²) in [6.07, 6.45) is 0.